The highest BCUT2D eigenvalue weighted by Gasteiger charge is 2.45. The average Bonchev–Trinajstić information content (AvgIpc) is 3.60. The predicted molar refractivity (Wildman–Crippen MR) is 241 cm³/mol. The summed E-state index contributed by atoms with van der Waals surface area (Å²) in [6.07, 6.45) is 1.06. The summed E-state index contributed by atoms with van der Waals surface area (Å²) in [5.74, 6) is 0.878. The number of ether oxygens (including phenoxy) is 3. The molecule has 61 heavy (non-hydrogen) atoms. The number of nitrogens with zero attached hydrogens (tertiary/aromatic N) is 4. The minimum Gasteiger partial charge on any atom is -0.497 e. The quantitative estimate of drug-likeness (QED) is 0.0401. The van der Waals surface area contributed by atoms with Gasteiger partial charge in [0.1, 0.15) is 36.1 Å². The number of carbonyl (C=O) groups excluding carboxylic acids is 1. The van der Waals surface area contributed by atoms with Crippen molar-refractivity contribution < 1.29 is 28.1 Å². The number of aryl methyl sites for hydroxylation is 1. The Labute approximate surface area is 363 Å². The smallest absolute Gasteiger partial charge is 0.351 e. The van der Waals surface area contributed by atoms with Crippen molar-refractivity contribution in [2.75, 3.05) is 32.2 Å². The molecule has 4 aromatic rings. The summed E-state index contributed by atoms with van der Waals surface area (Å²) in [4.78, 5) is 34.5. The topological polar surface area (TPSA) is 118 Å². The fraction of sp³-hybridized carbons (Fsp3) is 0.500. The molecule has 1 aliphatic rings. The summed E-state index contributed by atoms with van der Waals surface area (Å²) in [5, 5.41) is 2.82. The van der Waals surface area contributed by atoms with Gasteiger partial charge in [0.2, 0.25) is 12.5 Å². The molecule has 1 amide bonds. The number of nitrogens with one attached hydrogen (secondary N) is 1. The Balaban J connectivity index is 1.52. The van der Waals surface area contributed by atoms with Crippen LogP contribution < -0.4 is 15.7 Å². The SMILES string of the molecule is [C-]#[N+]CCOP(OC1CC(n2ccc(NC(=O)CC(C)CC(C)(C)C)nc2=O)OC1COC(c1ccccc1)(c1ccc(C)cc1)c1ccc(OC)cc1)N(C(C)C)C(C)C. The lowest BCUT2D eigenvalue weighted by molar-refractivity contribution is -0.117. The van der Waals surface area contributed by atoms with Gasteiger partial charge in [0.25, 0.3) is 8.53 Å². The average molecular weight is 854 g/mol. The second-order valence-corrected chi connectivity index (χ2v) is 19.0. The lowest BCUT2D eigenvalue weighted by atomic mass is 9.79. The first-order valence-corrected chi connectivity index (χ1v) is 22.3. The number of rotatable bonds is 20. The molecule has 5 rings (SSSR count). The molecule has 6 unspecified atom stereocenters. The number of hydrogen-bond donors (Lipinski definition) is 1. The molecule has 0 aliphatic carbocycles. The zero-order valence-electron chi connectivity index (χ0n) is 37.5. The first-order chi connectivity index (χ1) is 29.0. The van der Waals surface area contributed by atoms with Crippen LogP contribution in [-0.2, 0) is 28.9 Å². The Morgan fingerprint density at radius 3 is 2.16 bits per heavy atom. The maximum atomic E-state index is 13.7. The van der Waals surface area contributed by atoms with E-state index in [0.29, 0.717) is 6.42 Å². The van der Waals surface area contributed by atoms with Crippen LogP contribution in [0.25, 0.3) is 4.85 Å². The maximum absolute atomic E-state index is 13.7. The van der Waals surface area contributed by atoms with Gasteiger partial charge in [-0.25, -0.2) is 16.0 Å². The predicted octanol–water partition coefficient (Wildman–Crippen LogP) is 9.92. The molecule has 12 nitrogen and oxygen atoms in total. The molecule has 0 spiro atoms. The molecular formula is C48H64N5O7P. The zero-order chi connectivity index (χ0) is 44.3. The van der Waals surface area contributed by atoms with Crippen LogP contribution in [0.15, 0.2) is 95.9 Å². The number of amides is 1. The summed E-state index contributed by atoms with van der Waals surface area (Å²) in [7, 11) is -0.0265. The van der Waals surface area contributed by atoms with Crippen LogP contribution in [0.1, 0.15) is 103 Å². The van der Waals surface area contributed by atoms with Crippen LogP contribution in [0.4, 0.5) is 5.82 Å². The van der Waals surface area contributed by atoms with E-state index in [9.17, 15) is 9.59 Å². The monoisotopic (exact) mass is 853 g/mol. The highest BCUT2D eigenvalue weighted by molar-refractivity contribution is 7.44. The molecule has 0 radical (unpaired) electrons. The Hall–Kier alpha value is -4.47. The highest BCUT2D eigenvalue weighted by atomic mass is 31.2. The second kappa shape index (κ2) is 21.6. The van der Waals surface area contributed by atoms with Crippen LogP contribution in [-0.4, -0.2) is 71.3 Å². The van der Waals surface area contributed by atoms with Crippen molar-refractivity contribution in [1.29, 1.82) is 0 Å². The number of carbonyl (C=O) groups is 1. The zero-order valence-corrected chi connectivity index (χ0v) is 38.4. The van der Waals surface area contributed by atoms with Crippen LogP contribution in [0, 0.1) is 24.8 Å². The Kier molecular flexibility index (Phi) is 16.8. The van der Waals surface area contributed by atoms with E-state index < -0.39 is 38.3 Å². The maximum Gasteiger partial charge on any atom is 0.351 e. The number of methoxy groups -OCH3 is 1. The summed E-state index contributed by atoms with van der Waals surface area (Å²) in [5.41, 5.74) is 2.27. The lowest BCUT2D eigenvalue weighted by Gasteiger charge is -2.39. The van der Waals surface area contributed by atoms with Crippen LogP contribution in [0.2, 0.25) is 0 Å². The third-order valence-electron chi connectivity index (χ3n) is 10.6. The van der Waals surface area contributed by atoms with Gasteiger partial charge < -0.3 is 33.4 Å². The van der Waals surface area contributed by atoms with Gasteiger partial charge in [0, 0.05) is 31.1 Å². The van der Waals surface area contributed by atoms with Gasteiger partial charge in [-0.05, 0) is 87.3 Å². The van der Waals surface area contributed by atoms with E-state index in [1.807, 2.05) is 42.5 Å². The highest BCUT2D eigenvalue weighted by Crippen LogP contribution is 2.50. The first kappa shape index (κ1) is 47.6. The Morgan fingerprint density at radius 2 is 1.59 bits per heavy atom. The molecule has 13 heteroatoms. The van der Waals surface area contributed by atoms with Gasteiger partial charge in [-0.2, -0.15) is 4.98 Å². The van der Waals surface area contributed by atoms with Gasteiger partial charge in [0.15, 0.2) is 0 Å². The molecule has 6 atom stereocenters. The number of benzene rings is 3. The minimum atomic E-state index is -1.67. The molecule has 3 aromatic carbocycles. The fourth-order valence-corrected chi connectivity index (χ4v) is 9.86. The summed E-state index contributed by atoms with van der Waals surface area (Å²) >= 11 is 0. The minimum absolute atomic E-state index is 0.0631. The van der Waals surface area contributed by atoms with Crippen LogP contribution in [0.5, 0.6) is 5.75 Å². The molecule has 0 bridgehead atoms. The van der Waals surface area contributed by atoms with Crippen molar-refractivity contribution in [2.45, 2.75) is 118 Å². The van der Waals surface area contributed by atoms with Gasteiger partial charge in [-0.3, -0.25) is 9.36 Å². The van der Waals surface area contributed by atoms with Crippen molar-refractivity contribution in [3.05, 3.63) is 135 Å². The van der Waals surface area contributed by atoms with E-state index in [0.717, 1.165) is 34.4 Å². The summed E-state index contributed by atoms with van der Waals surface area (Å²) < 4.78 is 36.6. The van der Waals surface area contributed by atoms with E-state index in [4.69, 9.17) is 29.8 Å². The van der Waals surface area contributed by atoms with Gasteiger partial charge in [-0.1, -0.05) is 100.0 Å². The van der Waals surface area contributed by atoms with Gasteiger partial charge in [0.05, 0.1) is 19.8 Å². The van der Waals surface area contributed by atoms with Crippen LogP contribution in [0.3, 0.4) is 0 Å². The summed E-state index contributed by atoms with van der Waals surface area (Å²) in [6.45, 7) is 26.8. The first-order valence-electron chi connectivity index (χ1n) is 21.2. The van der Waals surface area contributed by atoms with Crippen LogP contribution >= 0.6 is 8.53 Å². The van der Waals surface area contributed by atoms with Crippen molar-refractivity contribution in [2.24, 2.45) is 11.3 Å². The molecule has 328 valence electrons. The number of anilines is 1. The van der Waals surface area contributed by atoms with E-state index in [1.54, 1.807) is 19.4 Å². The Bertz CT molecular complexity index is 2090. The molecule has 2 heterocycles. The Morgan fingerprint density at radius 1 is 0.967 bits per heavy atom. The lowest BCUT2D eigenvalue weighted by Crippen LogP contribution is -2.39. The largest absolute Gasteiger partial charge is 0.497 e. The van der Waals surface area contributed by atoms with Crippen molar-refractivity contribution >= 4 is 20.3 Å². The molecule has 1 aliphatic heterocycles. The molecule has 1 N–H and O–H groups in total. The normalized spacial score (nSPS) is 18.8. The standard InChI is InChI=1S/C48H64N5O7P/c1-33(2)53(34(3)4)61(58-28-26-49-10)60-41-30-45(52-27-25-43(51-46(52)55)50-44(54)29-36(6)31-47(7,8)9)59-42(41)32-57-48(37-15-13-12-14-16-37,38-19-17-35(5)18-20-38)39-21-23-40(56-11)24-22-39/h12-25,27,33-34,36,41-42,45H,26,28-32H2,1-9,11H3,(H,50,51,54,55). The van der Waals surface area contributed by atoms with Gasteiger partial charge >= 0.3 is 5.69 Å². The third-order valence-corrected chi connectivity index (χ3v) is 12.7. The van der Waals surface area contributed by atoms with E-state index >= 15 is 0 Å². The van der Waals surface area contributed by atoms with Crippen molar-refractivity contribution in [1.82, 2.24) is 14.2 Å². The molecule has 1 saturated heterocycles. The number of hydrogen-bond acceptors (Lipinski definition) is 9. The molecular weight excluding hydrogens is 790 g/mol. The van der Waals surface area contributed by atoms with Crippen molar-refractivity contribution in [3.63, 3.8) is 0 Å². The van der Waals surface area contributed by atoms with Gasteiger partial charge in [-0.15, -0.1) is 0 Å². The number of aromatic nitrogens is 2. The third kappa shape index (κ3) is 12.6. The van der Waals surface area contributed by atoms with E-state index in [2.05, 4.69) is 119 Å². The molecule has 1 fully saturated rings. The summed E-state index contributed by atoms with van der Waals surface area (Å²) in [6, 6.07) is 28.1. The molecule has 0 saturated carbocycles. The van der Waals surface area contributed by atoms with E-state index in [-0.39, 0.29) is 61.3 Å². The van der Waals surface area contributed by atoms with Crippen molar-refractivity contribution in [3.8, 4) is 5.75 Å². The van der Waals surface area contributed by atoms with E-state index in [1.165, 1.54) is 4.57 Å². The fourth-order valence-electron chi connectivity index (χ4n) is 8.11. The molecule has 1 aromatic heterocycles. The second-order valence-electron chi connectivity index (χ2n) is 17.6.